The molecule has 5 nitrogen and oxygen atoms in total. The Bertz CT molecular complexity index is 568. The zero-order chi connectivity index (χ0) is 13.1. The highest BCUT2D eigenvalue weighted by Gasteiger charge is 2.16. The molecule has 0 radical (unpaired) electrons. The lowest BCUT2D eigenvalue weighted by Crippen LogP contribution is -2.05. The Balaban J connectivity index is 2.40. The van der Waals surface area contributed by atoms with Crippen LogP contribution in [-0.4, -0.2) is 29.4 Å². The van der Waals surface area contributed by atoms with Crippen LogP contribution < -0.4 is 4.74 Å². The van der Waals surface area contributed by atoms with Crippen LogP contribution in [0.25, 0.3) is 10.9 Å². The number of nitrogens with one attached hydrogen (secondary N) is 1. The molecular weight excluding hydrogens is 246 g/mol. The minimum atomic E-state index is -2.92. The van der Waals surface area contributed by atoms with Gasteiger partial charge in [0.25, 0.3) is 0 Å². The zero-order valence-corrected chi connectivity index (χ0v) is 9.44. The molecule has 0 aliphatic heterocycles. The van der Waals surface area contributed by atoms with Gasteiger partial charge in [-0.15, -0.1) is 0 Å². The first-order valence-electron chi connectivity index (χ1n) is 5.22. The van der Waals surface area contributed by atoms with Crippen molar-refractivity contribution in [1.29, 1.82) is 0 Å². The van der Waals surface area contributed by atoms with Crippen molar-refractivity contribution in [2.75, 3.05) is 6.61 Å². The van der Waals surface area contributed by atoms with Crippen molar-refractivity contribution in [3.8, 4) is 5.75 Å². The number of halogens is 2. The molecule has 0 bridgehead atoms. The molecule has 0 spiro atoms. The maximum Gasteiger partial charge on any atom is 0.387 e. The first-order chi connectivity index (χ1) is 8.61. The molecule has 96 valence electrons. The van der Waals surface area contributed by atoms with Crippen LogP contribution in [0.4, 0.5) is 8.78 Å². The molecule has 0 aliphatic carbocycles. The Kier molecular flexibility index (Phi) is 3.40. The summed E-state index contributed by atoms with van der Waals surface area (Å²) < 4.78 is 33.2. The number of alkyl halides is 2. The molecule has 0 aliphatic rings. The highest BCUT2D eigenvalue weighted by molar-refractivity contribution is 6.02. The molecule has 0 amide bonds. The number of benzene rings is 1. The van der Waals surface area contributed by atoms with Crippen LogP contribution in [0.2, 0.25) is 0 Å². The minimum absolute atomic E-state index is 0.0375. The molecule has 1 N–H and O–H groups in total. The molecule has 1 heterocycles. The summed E-state index contributed by atoms with van der Waals surface area (Å²) in [5.41, 5.74) is 0.589. The number of fused-ring (bicyclic) bond motifs is 1. The number of aromatic amines is 1. The van der Waals surface area contributed by atoms with Gasteiger partial charge in [-0.3, -0.25) is 5.10 Å². The number of H-pyrrole nitrogens is 1. The molecule has 0 fully saturated rings. The van der Waals surface area contributed by atoms with E-state index in [1.165, 1.54) is 18.2 Å². The number of carbonyl (C=O) groups is 1. The van der Waals surface area contributed by atoms with Gasteiger partial charge in [0.15, 0.2) is 5.69 Å². The Morgan fingerprint density at radius 3 is 2.94 bits per heavy atom. The number of ether oxygens (including phenoxy) is 2. The molecule has 18 heavy (non-hydrogen) atoms. The molecular formula is C11H10F2N2O3. The second-order valence-electron chi connectivity index (χ2n) is 3.38. The van der Waals surface area contributed by atoms with E-state index < -0.39 is 12.6 Å². The molecule has 0 saturated carbocycles. The predicted molar refractivity (Wildman–Crippen MR) is 58.7 cm³/mol. The summed E-state index contributed by atoms with van der Waals surface area (Å²) in [6.07, 6.45) is 0. The minimum Gasteiger partial charge on any atom is -0.461 e. The second kappa shape index (κ2) is 4.99. The fraction of sp³-hybridized carbons (Fsp3) is 0.273. The van der Waals surface area contributed by atoms with Crippen molar-refractivity contribution in [2.24, 2.45) is 0 Å². The van der Waals surface area contributed by atoms with Gasteiger partial charge in [-0.2, -0.15) is 13.9 Å². The summed E-state index contributed by atoms with van der Waals surface area (Å²) in [6.45, 7) is -1.04. The summed E-state index contributed by atoms with van der Waals surface area (Å²) in [7, 11) is 0. The van der Waals surface area contributed by atoms with Gasteiger partial charge in [-0.05, 0) is 25.1 Å². The Morgan fingerprint density at radius 1 is 1.50 bits per heavy atom. The van der Waals surface area contributed by atoms with Gasteiger partial charge in [-0.1, -0.05) is 0 Å². The van der Waals surface area contributed by atoms with Crippen molar-refractivity contribution in [1.82, 2.24) is 10.2 Å². The van der Waals surface area contributed by atoms with E-state index >= 15 is 0 Å². The van der Waals surface area contributed by atoms with E-state index in [9.17, 15) is 13.6 Å². The third kappa shape index (κ3) is 2.39. The van der Waals surface area contributed by atoms with Gasteiger partial charge in [0.2, 0.25) is 0 Å². The quantitative estimate of drug-likeness (QED) is 0.853. The van der Waals surface area contributed by atoms with Gasteiger partial charge in [0, 0.05) is 5.39 Å². The van der Waals surface area contributed by atoms with Crippen LogP contribution in [0.1, 0.15) is 17.4 Å². The summed E-state index contributed by atoms with van der Waals surface area (Å²) in [4.78, 5) is 11.6. The molecule has 0 atom stereocenters. The van der Waals surface area contributed by atoms with Crippen LogP contribution in [0.15, 0.2) is 18.2 Å². The van der Waals surface area contributed by atoms with E-state index in [-0.39, 0.29) is 18.1 Å². The number of hydrogen-bond donors (Lipinski definition) is 1. The van der Waals surface area contributed by atoms with E-state index in [2.05, 4.69) is 14.9 Å². The molecule has 0 saturated heterocycles. The summed E-state index contributed by atoms with van der Waals surface area (Å²) in [5, 5.41) is 6.79. The van der Waals surface area contributed by atoms with Gasteiger partial charge in [0.05, 0.1) is 12.1 Å². The second-order valence-corrected chi connectivity index (χ2v) is 3.38. The number of hydrogen-bond acceptors (Lipinski definition) is 4. The topological polar surface area (TPSA) is 64.2 Å². The molecule has 2 rings (SSSR count). The van der Waals surface area contributed by atoms with Crippen molar-refractivity contribution in [2.45, 2.75) is 13.5 Å². The Hall–Kier alpha value is -2.18. The highest BCUT2D eigenvalue weighted by atomic mass is 19.3. The van der Waals surface area contributed by atoms with Crippen LogP contribution in [-0.2, 0) is 4.74 Å². The summed E-state index contributed by atoms with van der Waals surface area (Å²) in [5.74, 6) is -0.651. The van der Waals surface area contributed by atoms with Crippen molar-refractivity contribution >= 4 is 16.9 Å². The van der Waals surface area contributed by atoms with Crippen molar-refractivity contribution in [3.63, 3.8) is 0 Å². The van der Waals surface area contributed by atoms with E-state index in [1.54, 1.807) is 6.92 Å². The van der Waals surface area contributed by atoms with E-state index in [0.717, 1.165) is 0 Å². The monoisotopic (exact) mass is 256 g/mol. The standard InChI is InChI=1S/C11H10F2N2O3/c1-2-17-10(16)9-7-5-6(18-11(12)13)3-4-8(7)14-15-9/h3-5,11H,2H2,1H3,(H,14,15). The van der Waals surface area contributed by atoms with E-state index in [4.69, 9.17) is 4.74 Å². The van der Waals surface area contributed by atoms with Gasteiger partial charge in [-0.25, -0.2) is 4.79 Å². The lowest BCUT2D eigenvalue weighted by atomic mass is 10.2. The van der Waals surface area contributed by atoms with Crippen LogP contribution in [0.5, 0.6) is 5.75 Å². The first-order valence-corrected chi connectivity index (χ1v) is 5.22. The fourth-order valence-electron chi connectivity index (χ4n) is 1.52. The lowest BCUT2D eigenvalue weighted by molar-refractivity contribution is -0.0497. The number of nitrogens with zero attached hydrogens (tertiary/aromatic N) is 1. The molecule has 2 aromatic rings. The molecule has 1 aromatic carbocycles. The maximum atomic E-state index is 12.1. The van der Waals surface area contributed by atoms with Gasteiger partial charge >= 0.3 is 12.6 Å². The number of carbonyl (C=O) groups excluding carboxylic acids is 1. The summed E-state index contributed by atoms with van der Waals surface area (Å²) >= 11 is 0. The van der Waals surface area contributed by atoms with Gasteiger partial charge in [0.1, 0.15) is 5.75 Å². The third-order valence-corrected chi connectivity index (χ3v) is 2.23. The predicted octanol–water partition coefficient (Wildman–Crippen LogP) is 2.34. The third-order valence-electron chi connectivity index (χ3n) is 2.23. The Morgan fingerprint density at radius 2 is 2.28 bits per heavy atom. The largest absolute Gasteiger partial charge is 0.461 e. The van der Waals surface area contributed by atoms with Crippen LogP contribution in [0.3, 0.4) is 0 Å². The van der Waals surface area contributed by atoms with Crippen LogP contribution in [0, 0.1) is 0 Å². The maximum absolute atomic E-state index is 12.1. The Labute approximate surface area is 101 Å². The first kappa shape index (κ1) is 12.3. The number of rotatable bonds is 4. The van der Waals surface area contributed by atoms with E-state index in [1.807, 2.05) is 0 Å². The zero-order valence-electron chi connectivity index (χ0n) is 9.44. The lowest BCUT2D eigenvalue weighted by Gasteiger charge is -2.04. The highest BCUT2D eigenvalue weighted by Crippen LogP contribution is 2.23. The fourth-order valence-corrected chi connectivity index (χ4v) is 1.52. The van der Waals surface area contributed by atoms with Gasteiger partial charge < -0.3 is 9.47 Å². The molecule has 1 aromatic heterocycles. The number of esters is 1. The normalized spacial score (nSPS) is 10.9. The molecule has 0 unspecified atom stereocenters. The average Bonchev–Trinajstić information content (AvgIpc) is 2.71. The van der Waals surface area contributed by atoms with Crippen molar-refractivity contribution in [3.05, 3.63) is 23.9 Å². The number of aromatic nitrogens is 2. The van der Waals surface area contributed by atoms with E-state index in [0.29, 0.717) is 10.9 Å². The average molecular weight is 256 g/mol. The smallest absolute Gasteiger partial charge is 0.387 e. The SMILES string of the molecule is CCOC(=O)c1n[nH]c2ccc(OC(F)F)cc12. The summed E-state index contributed by atoms with van der Waals surface area (Å²) in [6, 6.07) is 4.18. The molecule has 7 heteroatoms. The van der Waals surface area contributed by atoms with Crippen LogP contribution >= 0.6 is 0 Å². The van der Waals surface area contributed by atoms with Crippen molar-refractivity contribution < 1.29 is 23.0 Å².